The molecule has 2 aromatic heterocycles. The van der Waals surface area contributed by atoms with Gasteiger partial charge < -0.3 is 10.3 Å². The fourth-order valence-corrected chi connectivity index (χ4v) is 1.17. The predicted molar refractivity (Wildman–Crippen MR) is 49.4 cm³/mol. The van der Waals surface area contributed by atoms with E-state index in [0.29, 0.717) is 24.7 Å². The van der Waals surface area contributed by atoms with Gasteiger partial charge >= 0.3 is 0 Å². The summed E-state index contributed by atoms with van der Waals surface area (Å²) in [6.45, 7) is 2.41. The second-order valence-corrected chi connectivity index (χ2v) is 2.96. The van der Waals surface area contributed by atoms with Crippen molar-refractivity contribution in [1.82, 2.24) is 20.3 Å². The van der Waals surface area contributed by atoms with E-state index >= 15 is 0 Å². The molecule has 0 saturated carbocycles. The second-order valence-electron chi connectivity index (χ2n) is 2.96. The van der Waals surface area contributed by atoms with Gasteiger partial charge in [0.1, 0.15) is 0 Å². The Bertz CT molecular complexity index is 419. The summed E-state index contributed by atoms with van der Waals surface area (Å²) >= 11 is 0. The normalized spacial score (nSPS) is 10.7. The third-order valence-corrected chi connectivity index (χ3v) is 1.90. The minimum absolute atomic E-state index is 0.506. The molecule has 2 rings (SSSR count). The van der Waals surface area contributed by atoms with Crippen LogP contribution < -0.4 is 5.73 Å². The average Bonchev–Trinajstić information content (AvgIpc) is 2.74. The number of hydrogen-bond donors (Lipinski definition) is 2. The van der Waals surface area contributed by atoms with Crippen molar-refractivity contribution < 1.29 is 4.52 Å². The van der Waals surface area contributed by atoms with E-state index in [9.17, 15) is 0 Å². The standard InChI is InChI=1S/C8H11N5O/c1-5-6(4-10-12-5)8-11-7(2-3-9)14-13-8/h4H,2-3,9H2,1H3,(H,10,12). The number of hydrogen-bond acceptors (Lipinski definition) is 5. The molecule has 0 radical (unpaired) electrons. The molecule has 0 bridgehead atoms. The molecule has 0 aliphatic rings. The largest absolute Gasteiger partial charge is 0.339 e. The van der Waals surface area contributed by atoms with Gasteiger partial charge in [-0.05, 0) is 6.92 Å². The zero-order valence-corrected chi connectivity index (χ0v) is 7.82. The van der Waals surface area contributed by atoms with Gasteiger partial charge in [-0.1, -0.05) is 5.16 Å². The molecule has 0 saturated heterocycles. The molecule has 0 spiro atoms. The van der Waals surface area contributed by atoms with Crippen molar-refractivity contribution >= 4 is 0 Å². The molecule has 3 N–H and O–H groups in total. The summed E-state index contributed by atoms with van der Waals surface area (Å²) in [6.07, 6.45) is 2.27. The summed E-state index contributed by atoms with van der Waals surface area (Å²) in [5, 5.41) is 10.5. The van der Waals surface area contributed by atoms with Gasteiger partial charge in [-0.25, -0.2) is 0 Å². The first-order chi connectivity index (χ1) is 6.81. The van der Waals surface area contributed by atoms with E-state index in [-0.39, 0.29) is 0 Å². The molecular weight excluding hydrogens is 182 g/mol. The molecule has 0 aromatic carbocycles. The monoisotopic (exact) mass is 193 g/mol. The van der Waals surface area contributed by atoms with Crippen LogP contribution in [0, 0.1) is 6.92 Å². The highest BCUT2D eigenvalue weighted by Gasteiger charge is 2.11. The molecule has 0 atom stereocenters. The third-order valence-electron chi connectivity index (χ3n) is 1.90. The number of rotatable bonds is 3. The zero-order chi connectivity index (χ0) is 9.97. The number of aromatic nitrogens is 4. The summed E-state index contributed by atoms with van der Waals surface area (Å²) in [4.78, 5) is 4.19. The van der Waals surface area contributed by atoms with E-state index in [1.807, 2.05) is 6.92 Å². The van der Waals surface area contributed by atoms with Crippen molar-refractivity contribution in [2.24, 2.45) is 5.73 Å². The van der Waals surface area contributed by atoms with Crippen LogP contribution in [0.1, 0.15) is 11.6 Å². The lowest BCUT2D eigenvalue weighted by Gasteiger charge is -1.87. The van der Waals surface area contributed by atoms with E-state index in [2.05, 4.69) is 20.3 Å². The third kappa shape index (κ3) is 1.51. The summed E-state index contributed by atoms with van der Waals surface area (Å²) in [5.41, 5.74) is 7.15. The van der Waals surface area contributed by atoms with Crippen LogP contribution in [0.2, 0.25) is 0 Å². The summed E-state index contributed by atoms with van der Waals surface area (Å²) < 4.78 is 5.00. The number of aromatic amines is 1. The Morgan fingerprint density at radius 3 is 3.07 bits per heavy atom. The van der Waals surface area contributed by atoms with Crippen molar-refractivity contribution in [3.05, 3.63) is 17.8 Å². The predicted octanol–water partition coefficient (Wildman–Crippen LogP) is 0.269. The minimum Gasteiger partial charge on any atom is -0.339 e. The van der Waals surface area contributed by atoms with E-state index in [0.717, 1.165) is 11.3 Å². The number of aryl methyl sites for hydroxylation is 1. The molecule has 14 heavy (non-hydrogen) atoms. The van der Waals surface area contributed by atoms with Crippen LogP contribution in [-0.4, -0.2) is 26.9 Å². The molecule has 0 aliphatic heterocycles. The molecule has 6 nitrogen and oxygen atoms in total. The van der Waals surface area contributed by atoms with Crippen LogP contribution in [0.25, 0.3) is 11.4 Å². The maximum Gasteiger partial charge on any atom is 0.228 e. The van der Waals surface area contributed by atoms with Gasteiger partial charge in [0, 0.05) is 18.7 Å². The van der Waals surface area contributed by atoms with Gasteiger partial charge in [-0.2, -0.15) is 10.1 Å². The Morgan fingerprint density at radius 2 is 2.43 bits per heavy atom. The first-order valence-corrected chi connectivity index (χ1v) is 4.34. The topological polar surface area (TPSA) is 93.6 Å². The Kier molecular flexibility index (Phi) is 2.28. The maximum atomic E-state index is 5.37. The van der Waals surface area contributed by atoms with Gasteiger partial charge in [-0.3, -0.25) is 5.10 Å². The first-order valence-electron chi connectivity index (χ1n) is 4.34. The molecule has 0 aliphatic carbocycles. The molecular formula is C8H11N5O. The highest BCUT2D eigenvalue weighted by Crippen LogP contribution is 2.17. The summed E-state index contributed by atoms with van der Waals surface area (Å²) in [7, 11) is 0. The minimum atomic E-state index is 0.506. The molecule has 0 amide bonds. The molecule has 2 aromatic rings. The van der Waals surface area contributed by atoms with Crippen LogP contribution in [0.5, 0.6) is 0 Å². The zero-order valence-electron chi connectivity index (χ0n) is 7.82. The Labute approximate surface area is 80.5 Å². The first kappa shape index (κ1) is 8.89. The molecule has 6 heteroatoms. The maximum absolute atomic E-state index is 5.37. The fourth-order valence-electron chi connectivity index (χ4n) is 1.17. The Hall–Kier alpha value is -1.69. The van der Waals surface area contributed by atoms with Crippen molar-refractivity contribution in [1.29, 1.82) is 0 Å². The van der Waals surface area contributed by atoms with Gasteiger partial charge in [0.25, 0.3) is 0 Å². The van der Waals surface area contributed by atoms with Gasteiger partial charge in [0.05, 0.1) is 11.8 Å². The van der Waals surface area contributed by atoms with Gasteiger partial charge in [0.15, 0.2) is 0 Å². The van der Waals surface area contributed by atoms with Crippen LogP contribution in [0.15, 0.2) is 10.7 Å². The lowest BCUT2D eigenvalue weighted by atomic mass is 10.2. The molecule has 2 heterocycles. The fraction of sp³-hybridized carbons (Fsp3) is 0.375. The van der Waals surface area contributed by atoms with Crippen LogP contribution in [0.4, 0.5) is 0 Å². The molecule has 0 unspecified atom stereocenters. The van der Waals surface area contributed by atoms with Crippen LogP contribution in [0.3, 0.4) is 0 Å². The molecule has 0 fully saturated rings. The van der Waals surface area contributed by atoms with Crippen molar-refractivity contribution in [2.75, 3.05) is 6.54 Å². The average molecular weight is 193 g/mol. The highest BCUT2D eigenvalue weighted by molar-refractivity contribution is 5.55. The smallest absolute Gasteiger partial charge is 0.228 e. The van der Waals surface area contributed by atoms with Crippen LogP contribution in [-0.2, 0) is 6.42 Å². The number of nitrogens with one attached hydrogen (secondary N) is 1. The lowest BCUT2D eigenvalue weighted by Crippen LogP contribution is -2.02. The number of nitrogens with zero attached hydrogens (tertiary/aromatic N) is 3. The quantitative estimate of drug-likeness (QED) is 0.729. The van der Waals surface area contributed by atoms with E-state index in [1.54, 1.807) is 6.20 Å². The number of H-pyrrole nitrogens is 1. The van der Waals surface area contributed by atoms with Crippen molar-refractivity contribution in [3.8, 4) is 11.4 Å². The summed E-state index contributed by atoms with van der Waals surface area (Å²) in [6, 6.07) is 0. The molecule has 74 valence electrons. The van der Waals surface area contributed by atoms with Crippen molar-refractivity contribution in [3.63, 3.8) is 0 Å². The second kappa shape index (κ2) is 3.59. The Balaban J connectivity index is 2.29. The van der Waals surface area contributed by atoms with Gasteiger partial charge in [-0.15, -0.1) is 0 Å². The highest BCUT2D eigenvalue weighted by atomic mass is 16.5. The summed E-state index contributed by atoms with van der Waals surface area (Å²) in [5.74, 6) is 1.11. The SMILES string of the molecule is Cc1[nH]ncc1-c1noc(CCN)n1. The van der Waals surface area contributed by atoms with E-state index in [4.69, 9.17) is 10.3 Å². The van der Waals surface area contributed by atoms with Gasteiger partial charge in [0.2, 0.25) is 11.7 Å². The Morgan fingerprint density at radius 1 is 1.57 bits per heavy atom. The van der Waals surface area contributed by atoms with E-state index in [1.165, 1.54) is 0 Å². The van der Waals surface area contributed by atoms with E-state index < -0.39 is 0 Å². The lowest BCUT2D eigenvalue weighted by molar-refractivity contribution is 0.380. The van der Waals surface area contributed by atoms with Crippen LogP contribution >= 0.6 is 0 Å². The van der Waals surface area contributed by atoms with Crippen molar-refractivity contribution in [2.45, 2.75) is 13.3 Å². The number of nitrogens with two attached hydrogens (primary N) is 1.